The van der Waals surface area contributed by atoms with Gasteiger partial charge in [0.05, 0.1) is 28.6 Å². The number of oxazole rings is 1. The molecule has 2 aliphatic heterocycles. The van der Waals surface area contributed by atoms with E-state index in [1.165, 1.54) is 0 Å². The molecule has 0 bridgehead atoms. The maximum atomic E-state index is 13.8. The van der Waals surface area contributed by atoms with Gasteiger partial charge in [-0.15, -0.1) is 0 Å². The fourth-order valence-corrected chi connectivity index (χ4v) is 5.58. The monoisotopic (exact) mass is 517 g/mol. The fraction of sp³-hybridized carbons (Fsp3) is 0.407. The highest BCUT2D eigenvalue weighted by Gasteiger charge is 2.33. The minimum absolute atomic E-state index is 0.111. The van der Waals surface area contributed by atoms with Gasteiger partial charge in [-0.05, 0) is 44.1 Å². The van der Waals surface area contributed by atoms with Gasteiger partial charge in [-0.2, -0.15) is 4.57 Å². The molecule has 0 radical (unpaired) electrons. The van der Waals surface area contributed by atoms with Crippen molar-refractivity contribution in [2.75, 3.05) is 56.1 Å². The number of aromatic nitrogens is 4. The van der Waals surface area contributed by atoms with E-state index in [0.717, 1.165) is 68.8 Å². The summed E-state index contributed by atoms with van der Waals surface area (Å²) in [5.41, 5.74) is 3.12. The minimum Gasteiger partial charge on any atom is -0.377 e. The van der Waals surface area contributed by atoms with Crippen LogP contribution in [-0.4, -0.2) is 66.3 Å². The number of piperazine rings is 1. The number of carbonyl (C=O) groups excluding carboxylic acids is 1. The Balaban J connectivity index is 1.37. The third-order valence-electron chi connectivity index (χ3n) is 7.58. The average Bonchev–Trinajstić information content (AvgIpc) is 3.49. The van der Waals surface area contributed by atoms with E-state index in [1.54, 1.807) is 46.7 Å². The van der Waals surface area contributed by atoms with Gasteiger partial charge in [0.2, 0.25) is 6.20 Å². The van der Waals surface area contributed by atoms with Gasteiger partial charge in [-0.1, -0.05) is 12.1 Å². The Hall–Kier alpha value is -3.96. The molecule has 0 aliphatic carbocycles. The highest BCUT2D eigenvalue weighted by atomic mass is 16.4. The third kappa shape index (κ3) is 4.17. The summed E-state index contributed by atoms with van der Waals surface area (Å²) in [7, 11) is 3.48. The molecule has 0 saturated carbocycles. The van der Waals surface area contributed by atoms with Crippen LogP contribution in [0, 0.1) is 0 Å². The Morgan fingerprint density at radius 3 is 2.55 bits per heavy atom. The molecule has 2 aliphatic rings. The highest BCUT2D eigenvalue weighted by molar-refractivity contribution is 6.03. The number of para-hydroxylation sites is 2. The molecule has 11 nitrogen and oxygen atoms in total. The van der Waals surface area contributed by atoms with Crippen LogP contribution in [0.25, 0.3) is 16.9 Å². The molecule has 1 amide bonds. The van der Waals surface area contributed by atoms with E-state index < -0.39 is 0 Å². The molecular formula is C27H33N8O3+. The van der Waals surface area contributed by atoms with Gasteiger partial charge in [0.25, 0.3) is 5.88 Å². The van der Waals surface area contributed by atoms with Gasteiger partial charge >= 0.3 is 17.5 Å². The molecule has 3 aromatic heterocycles. The first-order valence-corrected chi connectivity index (χ1v) is 13.1. The second kappa shape index (κ2) is 10.1. The van der Waals surface area contributed by atoms with Gasteiger partial charge in [-0.25, -0.2) is 9.36 Å². The van der Waals surface area contributed by atoms with Crippen molar-refractivity contribution < 1.29 is 13.8 Å². The van der Waals surface area contributed by atoms with Crippen LogP contribution < -0.4 is 30.7 Å². The van der Waals surface area contributed by atoms with Crippen LogP contribution in [0.4, 0.5) is 11.4 Å². The molecule has 5 heterocycles. The first-order chi connectivity index (χ1) is 18.5. The average molecular weight is 518 g/mol. The fourth-order valence-electron chi connectivity index (χ4n) is 5.58. The summed E-state index contributed by atoms with van der Waals surface area (Å²) >= 11 is 0. The van der Waals surface area contributed by atoms with E-state index in [4.69, 9.17) is 4.42 Å². The first kappa shape index (κ1) is 24.4. The summed E-state index contributed by atoms with van der Waals surface area (Å²) in [4.78, 5) is 35.6. The lowest BCUT2D eigenvalue weighted by atomic mass is 10.1. The van der Waals surface area contributed by atoms with E-state index in [-0.39, 0.29) is 23.5 Å². The Kier molecular flexibility index (Phi) is 6.46. The maximum absolute atomic E-state index is 13.8. The van der Waals surface area contributed by atoms with Gasteiger partial charge in [0.15, 0.2) is 0 Å². The molecule has 0 spiro atoms. The molecule has 6 rings (SSSR count). The summed E-state index contributed by atoms with van der Waals surface area (Å²) in [6.07, 6.45) is 6.91. The second-order valence-corrected chi connectivity index (χ2v) is 9.91. The molecule has 11 heteroatoms. The Morgan fingerprint density at radius 1 is 1.08 bits per heavy atom. The smallest absolute Gasteiger partial charge is 0.377 e. The lowest BCUT2D eigenvalue weighted by Crippen LogP contribution is -2.44. The number of amides is 1. The van der Waals surface area contributed by atoms with Gasteiger partial charge in [-0.3, -0.25) is 19.2 Å². The van der Waals surface area contributed by atoms with Crippen molar-refractivity contribution in [1.82, 2.24) is 24.8 Å². The zero-order chi connectivity index (χ0) is 26.2. The molecule has 2 saturated heterocycles. The van der Waals surface area contributed by atoms with Gasteiger partial charge < -0.3 is 20.0 Å². The van der Waals surface area contributed by atoms with Gasteiger partial charge in [0, 0.05) is 45.5 Å². The van der Waals surface area contributed by atoms with Crippen LogP contribution in [0.5, 0.6) is 0 Å². The van der Waals surface area contributed by atoms with E-state index in [2.05, 4.69) is 20.5 Å². The predicted octanol–water partition coefficient (Wildman–Crippen LogP) is 1.22. The number of aryl methyl sites for hydroxylation is 1. The highest BCUT2D eigenvalue weighted by Crippen LogP contribution is 2.29. The maximum Gasteiger partial charge on any atom is 0.442 e. The Morgan fingerprint density at radius 2 is 1.79 bits per heavy atom. The number of piperidine rings is 1. The number of hydrogen-bond acceptors (Lipinski definition) is 7. The van der Waals surface area contributed by atoms with Crippen LogP contribution in [0.15, 0.2) is 58.1 Å². The summed E-state index contributed by atoms with van der Waals surface area (Å²) in [5, 5.41) is 6.72. The number of carbonyl (C=O) groups is 1. The number of nitrogens with one attached hydrogen (secondary N) is 2. The third-order valence-corrected chi connectivity index (χ3v) is 7.58. The molecular weight excluding hydrogens is 484 g/mol. The normalized spacial score (nSPS) is 16.7. The Bertz CT molecular complexity index is 1520. The number of benzene rings is 1. The topological polar surface area (TPSA) is 104 Å². The van der Waals surface area contributed by atoms with Crippen molar-refractivity contribution in [2.24, 2.45) is 7.05 Å². The van der Waals surface area contributed by atoms with Gasteiger partial charge in [0.1, 0.15) is 7.05 Å². The second-order valence-electron chi connectivity index (χ2n) is 9.91. The van der Waals surface area contributed by atoms with Crippen LogP contribution >= 0.6 is 0 Å². The molecule has 2 N–H and O–H groups in total. The number of imidazole rings is 1. The van der Waals surface area contributed by atoms with E-state index in [1.807, 2.05) is 34.9 Å². The lowest BCUT2D eigenvalue weighted by Gasteiger charge is -2.32. The van der Waals surface area contributed by atoms with Crippen LogP contribution in [0.3, 0.4) is 0 Å². The lowest BCUT2D eigenvalue weighted by molar-refractivity contribution is -0.676. The number of hydrogen-bond donors (Lipinski definition) is 2. The largest absolute Gasteiger partial charge is 0.442 e. The molecule has 38 heavy (non-hydrogen) atoms. The van der Waals surface area contributed by atoms with Crippen molar-refractivity contribution in [3.05, 3.63) is 65.3 Å². The van der Waals surface area contributed by atoms with Crippen molar-refractivity contribution in [3.63, 3.8) is 0 Å². The van der Waals surface area contributed by atoms with E-state index in [0.29, 0.717) is 11.6 Å². The number of fused-ring (bicyclic) bond motifs is 1. The van der Waals surface area contributed by atoms with E-state index >= 15 is 0 Å². The molecule has 2 fully saturated rings. The number of nitrogens with zero attached hydrogens (tertiary/aromatic N) is 6. The number of anilines is 2. The Labute approximate surface area is 220 Å². The van der Waals surface area contributed by atoms with Crippen LogP contribution in [0.2, 0.25) is 0 Å². The SMILES string of the molecule is CN(C(=O)c1oc(-n2c(=O)n(C3CCNCC3)c3ccccc32)c[n+]1C)c1cnccc1N1CCNCC1. The van der Waals surface area contributed by atoms with E-state index in [9.17, 15) is 9.59 Å². The summed E-state index contributed by atoms with van der Waals surface area (Å²) in [5.74, 6) is 0.119. The molecule has 4 aromatic rings. The number of pyridine rings is 1. The minimum atomic E-state index is -0.321. The zero-order valence-corrected chi connectivity index (χ0v) is 21.8. The van der Waals surface area contributed by atoms with Crippen molar-refractivity contribution in [2.45, 2.75) is 18.9 Å². The van der Waals surface area contributed by atoms with Crippen molar-refractivity contribution in [3.8, 4) is 5.88 Å². The standard InChI is InChI=1S/C27H33N8O3/c1-31-18-24(35-22-6-4-3-5-21(22)34(27(35)37)19-7-10-28-11-8-19)38-26(31)25(36)32(2)23-17-30-12-9-20(23)33-15-13-29-14-16-33/h3-6,9,12,17-19,28-29H,7-8,10-11,13-16H2,1-2H3/q+1. The summed E-state index contributed by atoms with van der Waals surface area (Å²) in [6, 6.07) is 9.79. The quantitative estimate of drug-likeness (QED) is 0.384. The van der Waals surface area contributed by atoms with Crippen LogP contribution in [-0.2, 0) is 7.05 Å². The first-order valence-electron chi connectivity index (χ1n) is 13.1. The molecule has 198 valence electrons. The number of rotatable bonds is 5. The molecule has 0 unspecified atom stereocenters. The predicted molar refractivity (Wildman–Crippen MR) is 144 cm³/mol. The van der Waals surface area contributed by atoms with Crippen LogP contribution in [0.1, 0.15) is 29.6 Å². The molecule has 0 atom stereocenters. The van der Waals surface area contributed by atoms with Crippen molar-refractivity contribution >= 4 is 28.3 Å². The summed E-state index contributed by atoms with van der Waals surface area (Å²) in [6.45, 7) is 5.22. The molecule has 1 aromatic carbocycles. The van der Waals surface area contributed by atoms with Crippen molar-refractivity contribution in [1.29, 1.82) is 0 Å². The summed E-state index contributed by atoms with van der Waals surface area (Å²) < 4.78 is 11.2. The zero-order valence-electron chi connectivity index (χ0n) is 21.8.